The van der Waals surface area contributed by atoms with Crippen molar-refractivity contribution in [2.24, 2.45) is 5.92 Å². The lowest BCUT2D eigenvalue weighted by molar-refractivity contribution is 0.380. The lowest BCUT2D eigenvalue weighted by Crippen LogP contribution is -2.37. The molecule has 18 heavy (non-hydrogen) atoms. The largest absolute Gasteiger partial charge is 0.303 e. The third-order valence-corrected chi connectivity index (χ3v) is 3.59. The minimum Gasteiger partial charge on any atom is -0.303 e. The molecule has 0 spiro atoms. The van der Waals surface area contributed by atoms with E-state index in [-0.39, 0.29) is 6.04 Å². The average molecular weight is 243 g/mol. The van der Waals surface area contributed by atoms with E-state index in [0.29, 0.717) is 11.8 Å². The van der Waals surface area contributed by atoms with Gasteiger partial charge in [0.1, 0.15) is 0 Å². The summed E-state index contributed by atoms with van der Waals surface area (Å²) >= 11 is 0. The second kappa shape index (κ2) is 7.95. The topological polar surface area (TPSA) is 12.0 Å². The highest BCUT2D eigenvalue weighted by Gasteiger charge is 2.25. The third-order valence-electron chi connectivity index (χ3n) is 3.59. The summed E-state index contributed by atoms with van der Waals surface area (Å²) in [5.41, 5.74) is 1.35. The molecule has 0 saturated heterocycles. The highest BCUT2D eigenvalue weighted by Crippen LogP contribution is 2.30. The van der Waals surface area contributed by atoms with Gasteiger partial charge < -0.3 is 5.32 Å². The molecule has 0 radical (unpaired) electrons. The molecule has 98 valence electrons. The van der Waals surface area contributed by atoms with E-state index in [4.69, 9.17) is 6.42 Å². The van der Waals surface area contributed by atoms with Gasteiger partial charge in [-0.25, -0.2) is 0 Å². The van der Waals surface area contributed by atoms with Gasteiger partial charge in [0.15, 0.2) is 0 Å². The summed E-state index contributed by atoms with van der Waals surface area (Å²) < 4.78 is 0. The summed E-state index contributed by atoms with van der Waals surface area (Å²) in [6.45, 7) is 7.67. The van der Waals surface area contributed by atoms with Gasteiger partial charge in [0.05, 0.1) is 6.04 Å². The first kappa shape index (κ1) is 14.8. The highest BCUT2D eigenvalue weighted by molar-refractivity contribution is 5.25. The molecular formula is C17H25N. The van der Waals surface area contributed by atoms with Gasteiger partial charge in [0, 0.05) is 5.92 Å². The van der Waals surface area contributed by atoms with E-state index in [2.05, 4.69) is 62.3 Å². The summed E-state index contributed by atoms with van der Waals surface area (Å²) in [7, 11) is 0. The molecule has 1 nitrogen and oxygen atoms in total. The van der Waals surface area contributed by atoms with E-state index in [1.54, 1.807) is 0 Å². The zero-order chi connectivity index (χ0) is 13.4. The normalized spacial score (nSPS) is 15.7. The first-order chi connectivity index (χ1) is 8.74. The summed E-state index contributed by atoms with van der Waals surface area (Å²) in [5.74, 6) is 3.92. The Labute approximate surface area is 112 Å². The quantitative estimate of drug-likeness (QED) is 0.718. The van der Waals surface area contributed by atoms with E-state index in [1.165, 1.54) is 5.56 Å². The molecule has 0 aliphatic rings. The molecule has 0 saturated carbocycles. The Morgan fingerprint density at radius 2 is 1.89 bits per heavy atom. The molecule has 0 heterocycles. The highest BCUT2D eigenvalue weighted by atomic mass is 14.9. The van der Waals surface area contributed by atoms with Crippen LogP contribution in [0.2, 0.25) is 0 Å². The van der Waals surface area contributed by atoms with Gasteiger partial charge in [-0.15, -0.1) is 6.42 Å². The Bertz CT molecular complexity index is 363. The molecule has 1 aromatic carbocycles. The third kappa shape index (κ3) is 3.89. The number of benzene rings is 1. The Morgan fingerprint density at radius 3 is 2.39 bits per heavy atom. The minimum absolute atomic E-state index is 0.127. The van der Waals surface area contributed by atoms with Crippen LogP contribution >= 0.6 is 0 Å². The van der Waals surface area contributed by atoms with E-state index in [9.17, 15) is 0 Å². The summed E-state index contributed by atoms with van der Waals surface area (Å²) in [5, 5.41) is 3.50. The first-order valence-electron chi connectivity index (χ1n) is 6.99. The Kier molecular flexibility index (Phi) is 6.54. The fourth-order valence-corrected chi connectivity index (χ4v) is 2.37. The molecular weight excluding hydrogens is 218 g/mol. The van der Waals surface area contributed by atoms with Crippen molar-refractivity contribution in [3.8, 4) is 12.3 Å². The number of hydrogen-bond donors (Lipinski definition) is 1. The molecule has 0 fully saturated rings. The van der Waals surface area contributed by atoms with Crippen molar-refractivity contribution in [3.63, 3.8) is 0 Å². The van der Waals surface area contributed by atoms with Crippen LogP contribution in [0.3, 0.4) is 0 Å². The van der Waals surface area contributed by atoms with Crippen LogP contribution in [0, 0.1) is 18.3 Å². The molecule has 0 amide bonds. The van der Waals surface area contributed by atoms with Crippen LogP contribution in [0.5, 0.6) is 0 Å². The molecule has 1 rings (SSSR count). The van der Waals surface area contributed by atoms with Crippen LogP contribution in [0.25, 0.3) is 0 Å². The first-order valence-corrected chi connectivity index (χ1v) is 6.99. The van der Waals surface area contributed by atoms with Gasteiger partial charge >= 0.3 is 0 Å². The second-order valence-corrected chi connectivity index (χ2v) is 4.92. The lowest BCUT2D eigenvalue weighted by atomic mass is 9.80. The minimum atomic E-state index is 0.127. The smallest absolute Gasteiger partial charge is 0.0758 e. The van der Waals surface area contributed by atoms with Crippen molar-refractivity contribution >= 4 is 0 Å². The number of rotatable bonds is 7. The van der Waals surface area contributed by atoms with Gasteiger partial charge in [-0.05, 0) is 24.4 Å². The van der Waals surface area contributed by atoms with E-state index >= 15 is 0 Å². The van der Waals surface area contributed by atoms with E-state index < -0.39 is 0 Å². The predicted octanol–water partition coefficient (Wildman–Crippen LogP) is 3.82. The summed E-state index contributed by atoms with van der Waals surface area (Å²) in [6.07, 6.45) is 7.99. The van der Waals surface area contributed by atoms with Gasteiger partial charge in [-0.1, -0.05) is 63.4 Å². The number of terminal acetylenes is 1. The van der Waals surface area contributed by atoms with Gasteiger partial charge in [0.2, 0.25) is 0 Å². The van der Waals surface area contributed by atoms with Crippen molar-refractivity contribution < 1.29 is 0 Å². The summed E-state index contributed by atoms with van der Waals surface area (Å²) in [6, 6.07) is 10.8. The van der Waals surface area contributed by atoms with Gasteiger partial charge in [-0.3, -0.25) is 0 Å². The van der Waals surface area contributed by atoms with Crippen LogP contribution in [-0.4, -0.2) is 12.6 Å². The predicted molar refractivity (Wildman–Crippen MR) is 79.6 cm³/mol. The van der Waals surface area contributed by atoms with Crippen LogP contribution in [0.15, 0.2) is 30.3 Å². The van der Waals surface area contributed by atoms with Crippen LogP contribution in [0.4, 0.5) is 0 Å². The van der Waals surface area contributed by atoms with Crippen molar-refractivity contribution in [1.29, 1.82) is 0 Å². The SMILES string of the molecule is C#CC(NCCC)C(c1ccccc1)C(C)CC. The molecule has 0 aliphatic heterocycles. The van der Waals surface area contributed by atoms with Crippen molar-refractivity contribution in [2.45, 2.75) is 45.6 Å². The maximum atomic E-state index is 5.73. The molecule has 3 unspecified atom stereocenters. The van der Waals surface area contributed by atoms with E-state index in [0.717, 1.165) is 19.4 Å². The van der Waals surface area contributed by atoms with Crippen LogP contribution in [-0.2, 0) is 0 Å². The zero-order valence-electron chi connectivity index (χ0n) is 11.8. The monoisotopic (exact) mass is 243 g/mol. The molecule has 0 aromatic heterocycles. The van der Waals surface area contributed by atoms with Gasteiger partial charge in [0.25, 0.3) is 0 Å². The van der Waals surface area contributed by atoms with Crippen molar-refractivity contribution in [1.82, 2.24) is 5.32 Å². The van der Waals surface area contributed by atoms with E-state index in [1.807, 2.05) is 0 Å². The molecule has 3 atom stereocenters. The fraction of sp³-hybridized carbons (Fsp3) is 0.529. The molecule has 0 bridgehead atoms. The number of hydrogen-bond acceptors (Lipinski definition) is 1. The zero-order valence-corrected chi connectivity index (χ0v) is 11.8. The fourth-order valence-electron chi connectivity index (χ4n) is 2.37. The Hall–Kier alpha value is -1.26. The maximum absolute atomic E-state index is 5.73. The molecule has 0 aliphatic carbocycles. The molecule has 1 heteroatoms. The lowest BCUT2D eigenvalue weighted by Gasteiger charge is -2.29. The Balaban J connectivity index is 2.94. The molecule has 1 aromatic rings. The van der Waals surface area contributed by atoms with Crippen molar-refractivity contribution in [2.75, 3.05) is 6.54 Å². The second-order valence-electron chi connectivity index (χ2n) is 4.92. The van der Waals surface area contributed by atoms with Crippen molar-refractivity contribution in [3.05, 3.63) is 35.9 Å². The van der Waals surface area contributed by atoms with Crippen LogP contribution < -0.4 is 5.32 Å². The number of nitrogens with one attached hydrogen (secondary N) is 1. The van der Waals surface area contributed by atoms with Crippen LogP contribution in [0.1, 0.15) is 45.1 Å². The standard InChI is InChI=1S/C17H25N/c1-5-13-18-16(7-3)17(14(4)6-2)15-11-9-8-10-12-15/h3,8-12,14,16-18H,5-6,13H2,1-2,4H3. The maximum Gasteiger partial charge on any atom is 0.0758 e. The average Bonchev–Trinajstić information content (AvgIpc) is 2.43. The Morgan fingerprint density at radius 1 is 1.22 bits per heavy atom. The molecule has 1 N–H and O–H groups in total. The van der Waals surface area contributed by atoms with Gasteiger partial charge in [-0.2, -0.15) is 0 Å². The summed E-state index contributed by atoms with van der Waals surface area (Å²) in [4.78, 5) is 0.